The van der Waals surface area contributed by atoms with Crippen molar-refractivity contribution in [1.29, 1.82) is 5.26 Å². The average Bonchev–Trinajstić information content (AvgIpc) is 2.94. The number of ether oxygens (including phenoxy) is 2. The number of hydrogen-bond donors (Lipinski definition) is 1. The van der Waals surface area contributed by atoms with Crippen molar-refractivity contribution >= 4 is 18.2 Å². The Bertz CT molecular complexity index is 948. The van der Waals surface area contributed by atoms with Crippen molar-refractivity contribution in [3.63, 3.8) is 0 Å². The molecular weight excluding hydrogens is 360 g/mol. The lowest BCUT2D eigenvalue weighted by atomic mass is 9.92. The monoisotopic (exact) mass is 378 g/mol. The molecule has 0 spiro atoms. The zero-order valence-electron chi connectivity index (χ0n) is 15.4. The quantitative estimate of drug-likeness (QED) is 0.614. The SMILES string of the molecule is COc1ccc([C@]2(C)NC(=O)N(/N=C\c3ccc(OCC#N)cc3)C2=O)cc1. The zero-order valence-corrected chi connectivity index (χ0v) is 15.4. The van der Waals surface area contributed by atoms with Gasteiger partial charge in [0.2, 0.25) is 0 Å². The summed E-state index contributed by atoms with van der Waals surface area (Å²) in [5.74, 6) is 0.717. The van der Waals surface area contributed by atoms with E-state index in [9.17, 15) is 9.59 Å². The van der Waals surface area contributed by atoms with Gasteiger partial charge in [-0.2, -0.15) is 10.4 Å². The van der Waals surface area contributed by atoms with Crippen molar-refractivity contribution in [1.82, 2.24) is 10.3 Å². The van der Waals surface area contributed by atoms with Gasteiger partial charge in [-0.15, -0.1) is 5.01 Å². The lowest BCUT2D eigenvalue weighted by molar-refractivity contribution is -0.131. The van der Waals surface area contributed by atoms with Crippen LogP contribution in [-0.2, 0) is 10.3 Å². The van der Waals surface area contributed by atoms with E-state index in [1.165, 1.54) is 6.21 Å². The van der Waals surface area contributed by atoms with Crippen LogP contribution in [0.4, 0.5) is 4.79 Å². The van der Waals surface area contributed by atoms with Crippen LogP contribution >= 0.6 is 0 Å². The predicted octanol–water partition coefficient (Wildman–Crippen LogP) is 2.40. The molecule has 0 saturated carbocycles. The van der Waals surface area contributed by atoms with Crippen LogP contribution in [0.15, 0.2) is 53.6 Å². The van der Waals surface area contributed by atoms with E-state index in [1.807, 2.05) is 6.07 Å². The van der Waals surface area contributed by atoms with Crippen LogP contribution < -0.4 is 14.8 Å². The van der Waals surface area contributed by atoms with Crippen LogP contribution in [0.5, 0.6) is 11.5 Å². The number of nitrogens with zero attached hydrogens (tertiary/aromatic N) is 3. The number of carbonyl (C=O) groups excluding carboxylic acids is 2. The maximum absolute atomic E-state index is 12.8. The fourth-order valence-electron chi connectivity index (χ4n) is 2.74. The minimum atomic E-state index is -1.21. The van der Waals surface area contributed by atoms with Crippen LogP contribution in [0.2, 0.25) is 0 Å². The number of imide groups is 1. The lowest BCUT2D eigenvalue weighted by Gasteiger charge is -2.21. The predicted molar refractivity (Wildman–Crippen MR) is 101 cm³/mol. The Morgan fingerprint density at radius 2 is 1.79 bits per heavy atom. The molecule has 2 aromatic carbocycles. The van der Waals surface area contributed by atoms with E-state index in [0.717, 1.165) is 5.01 Å². The number of amides is 3. The van der Waals surface area contributed by atoms with Gasteiger partial charge in [0.25, 0.3) is 5.91 Å². The Labute approximate surface area is 162 Å². The summed E-state index contributed by atoms with van der Waals surface area (Å²) in [6.45, 7) is 1.59. The van der Waals surface area contributed by atoms with Gasteiger partial charge in [-0.05, 0) is 54.4 Å². The highest BCUT2D eigenvalue weighted by Gasteiger charge is 2.49. The average molecular weight is 378 g/mol. The first kappa shape index (κ1) is 18.9. The molecule has 1 fully saturated rings. The van der Waals surface area contributed by atoms with Crippen molar-refractivity contribution < 1.29 is 19.1 Å². The summed E-state index contributed by atoms with van der Waals surface area (Å²) < 4.78 is 10.3. The molecule has 3 rings (SSSR count). The van der Waals surface area contributed by atoms with E-state index in [1.54, 1.807) is 62.6 Å². The fraction of sp³-hybridized carbons (Fsp3) is 0.200. The fourth-order valence-corrected chi connectivity index (χ4v) is 2.74. The van der Waals surface area contributed by atoms with Crippen molar-refractivity contribution in [2.24, 2.45) is 5.10 Å². The molecule has 28 heavy (non-hydrogen) atoms. The molecule has 1 saturated heterocycles. The van der Waals surface area contributed by atoms with E-state index in [4.69, 9.17) is 14.7 Å². The van der Waals surface area contributed by atoms with Crippen LogP contribution in [0.1, 0.15) is 18.1 Å². The molecular formula is C20H18N4O4. The Morgan fingerprint density at radius 1 is 1.14 bits per heavy atom. The van der Waals surface area contributed by atoms with E-state index < -0.39 is 17.5 Å². The van der Waals surface area contributed by atoms with Gasteiger partial charge < -0.3 is 14.8 Å². The molecule has 8 nitrogen and oxygen atoms in total. The third kappa shape index (κ3) is 3.64. The van der Waals surface area contributed by atoms with Gasteiger partial charge in [0.1, 0.15) is 23.1 Å². The number of benzene rings is 2. The topological polar surface area (TPSA) is 104 Å². The molecule has 0 aromatic heterocycles. The normalized spacial score (nSPS) is 18.8. The number of nitrogens with one attached hydrogen (secondary N) is 1. The van der Waals surface area contributed by atoms with Crippen LogP contribution in [-0.4, -0.2) is 36.9 Å². The van der Waals surface area contributed by atoms with Crippen LogP contribution in [0.3, 0.4) is 0 Å². The number of rotatable bonds is 6. The second-order valence-corrected chi connectivity index (χ2v) is 6.16. The van der Waals surface area contributed by atoms with E-state index >= 15 is 0 Å². The highest BCUT2D eigenvalue weighted by atomic mass is 16.5. The summed E-state index contributed by atoms with van der Waals surface area (Å²) in [5, 5.41) is 16.0. The van der Waals surface area contributed by atoms with Crippen molar-refractivity contribution in [3.8, 4) is 17.6 Å². The first-order valence-electron chi connectivity index (χ1n) is 8.43. The molecule has 0 radical (unpaired) electrons. The third-order valence-electron chi connectivity index (χ3n) is 4.34. The van der Waals surface area contributed by atoms with Gasteiger partial charge >= 0.3 is 6.03 Å². The number of nitriles is 1. The summed E-state index contributed by atoms with van der Waals surface area (Å²) in [6, 6.07) is 14.9. The Kier molecular flexibility index (Phi) is 5.27. The Morgan fingerprint density at radius 3 is 2.39 bits per heavy atom. The van der Waals surface area contributed by atoms with Gasteiger partial charge in [0.15, 0.2) is 6.61 Å². The van der Waals surface area contributed by atoms with Gasteiger partial charge in [-0.1, -0.05) is 12.1 Å². The van der Waals surface area contributed by atoms with Gasteiger partial charge in [0.05, 0.1) is 13.3 Å². The molecule has 1 heterocycles. The second kappa shape index (κ2) is 7.80. The minimum absolute atomic E-state index is 0.0418. The number of hydrazone groups is 1. The van der Waals surface area contributed by atoms with Crippen molar-refractivity contribution in [3.05, 3.63) is 59.7 Å². The molecule has 0 unspecified atom stereocenters. The number of methoxy groups -OCH3 is 1. The third-order valence-corrected chi connectivity index (χ3v) is 4.34. The largest absolute Gasteiger partial charge is 0.497 e. The molecule has 1 aliphatic rings. The molecule has 0 aliphatic carbocycles. The summed E-state index contributed by atoms with van der Waals surface area (Å²) in [7, 11) is 1.55. The van der Waals surface area contributed by atoms with Gasteiger partial charge in [-0.3, -0.25) is 4.79 Å². The molecule has 1 N–H and O–H groups in total. The maximum atomic E-state index is 12.8. The molecule has 8 heteroatoms. The van der Waals surface area contributed by atoms with E-state index in [-0.39, 0.29) is 6.61 Å². The molecule has 142 valence electrons. The minimum Gasteiger partial charge on any atom is -0.497 e. The van der Waals surface area contributed by atoms with E-state index in [0.29, 0.717) is 22.6 Å². The summed E-state index contributed by atoms with van der Waals surface area (Å²) in [6.07, 6.45) is 1.41. The highest BCUT2D eigenvalue weighted by Crippen LogP contribution is 2.30. The number of carbonyl (C=O) groups is 2. The molecule has 1 atom stereocenters. The Balaban J connectivity index is 1.76. The summed E-state index contributed by atoms with van der Waals surface area (Å²) in [5.41, 5.74) is 0.0849. The lowest BCUT2D eigenvalue weighted by Crippen LogP contribution is -2.40. The van der Waals surface area contributed by atoms with E-state index in [2.05, 4.69) is 10.4 Å². The second-order valence-electron chi connectivity index (χ2n) is 6.16. The summed E-state index contributed by atoms with van der Waals surface area (Å²) >= 11 is 0. The first-order chi connectivity index (χ1) is 13.5. The smallest absolute Gasteiger partial charge is 0.346 e. The molecule has 1 aliphatic heterocycles. The van der Waals surface area contributed by atoms with Gasteiger partial charge in [0, 0.05) is 0 Å². The van der Waals surface area contributed by atoms with Crippen molar-refractivity contribution in [2.75, 3.05) is 13.7 Å². The molecule has 2 aromatic rings. The Hall–Kier alpha value is -3.86. The van der Waals surface area contributed by atoms with Gasteiger partial charge in [-0.25, -0.2) is 4.79 Å². The zero-order chi connectivity index (χ0) is 20.1. The van der Waals surface area contributed by atoms with Crippen LogP contribution in [0.25, 0.3) is 0 Å². The van der Waals surface area contributed by atoms with Crippen LogP contribution in [0, 0.1) is 11.3 Å². The maximum Gasteiger partial charge on any atom is 0.346 e. The molecule has 3 amide bonds. The standard InChI is InChI=1S/C20H18N4O4/c1-20(15-5-9-16(27-2)10-6-15)18(25)24(19(26)23-20)22-13-14-3-7-17(8-4-14)28-12-11-21/h3-10,13H,12H2,1-2H3,(H,23,26)/b22-13-/t20-/m0/s1. The molecule has 0 bridgehead atoms. The highest BCUT2D eigenvalue weighted by molar-refractivity contribution is 6.07. The first-order valence-corrected chi connectivity index (χ1v) is 8.43. The number of urea groups is 1. The van der Waals surface area contributed by atoms with Crippen molar-refractivity contribution in [2.45, 2.75) is 12.5 Å². The number of hydrogen-bond acceptors (Lipinski definition) is 6. The summed E-state index contributed by atoms with van der Waals surface area (Å²) in [4.78, 5) is 25.1.